The lowest BCUT2D eigenvalue weighted by Gasteiger charge is -2.13. The number of ether oxygens (including phenoxy) is 2. The standard InChI is InChI=1S/C14H13NO2S/c1-2-4-11(5-3-1)18-13-10-15-7-6-12(13)14-16-8-9-17-14/h1-7,10,14H,8-9H2. The molecule has 0 aliphatic carbocycles. The lowest BCUT2D eigenvalue weighted by molar-refractivity contribution is -0.0460. The highest BCUT2D eigenvalue weighted by molar-refractivity contribution is 7.99. The number of benzene rings is 1. The van der Waals surface area contributed by atoms with Crippen LogP contribution in [0, 0.1) is 0 Å². The smallest absolute Gasteiger partial charge is 0.185 e. The summed E-state index contributed by atoms with van der Waals surface area (Å²) in [7, 11) is 0. The third kappa shape index (κ3) is 2.56. The first-order valence-corrected chi connectivity index (χ1v) is 6.65. The molecule has 4 heteroatoms. The van der Waals surface area contributed by atoms with Gasteiger partial charge in [0.25, 0.3) is 0 Å². The second-order valence-corrected chi connectivity index (χ2v) is 5.02. The van der Waals surface area contributed by atoms with E-state index in [-0.39, 0.29) is 6.29 Å². The Hall–Kier alpha value is -1.36. The van der Waals surface area contributed by atoms with Gasteiger partial charge in [0.05, 0.1) is 13.2 Å². The summed E-state index contributed by atoms with van der Waals surface area (Å²) in [6, 6.07) is 12.2. The second-order valence-electron chi connectivity index (χ2n) is 3.90. The van der Waals surface area contributed by atoms with Crippen molar-refractivity contribution < 1.29 is 9.47 Å². The Bertz CT molecular complexity index is 512. The molecule has 1 saturated heterocycles. The normalized spacial score (nSPS) is 16.0. The van der Waals surface area contributed by atoms with Gasteiger partial charge in [-0.15, -0.1) is 0 Å². The number of nitrogens with zero attached hydrogens (tertiary/aromatic N) is 1. The lowest BCUT2D eigenvalue weighted by Crippen LogP contribution is -2.00. The van der Waals surface area contributed by atoms with Crippen molar-refractivity contribution in [2.24, 2.45) is 0 Å². The maximum absolute atomic E-state index is 5.55. The fourth-order valence-electron chi connectivity index (χ4n) is 1.82. The molecule has 18 heavy (non-hydrogen) atoms. The van der Waals surface area contributed by atoms with Gasteiger partial charge in [0.2, 0.25) is 0 Å². The van der Waals surface area contributed by atoms with Crippen LogP contribution in [0.2, 0.25) is 0 Å². The first kappa shape index (κ1) is 11.7. The van der Waals surface area contributed by atoms with Crippen LogP contribution >= 0.6 is 11.8 Å². The highest BCUT2D eigenvalue weighted by Gasteiger charge is 2.21. The molecule has 1 aliphatic rings. The summed E-state index contributed by atoms with van der Waals surface area (Å²) < 4.78 is 11.1. The molecule has 1 aromatic heterocycles. The van der Waals surface area contributed by atoms with Crippen LogP contribution in [-0.4, -0.2) is 18.2 Å². The Morgan fingerprint density at radius 1 is 1.06 bits per heavy atom. The van der Waals surface area contributed by atoms with E-state index in [0.29, 0.717) is 13.2 Å². The van der Waals surface area contributed by atoms with Gasteiger partial charge in [-0.1, -0.05) is 30.0 Å². The monoisotopic (exact) mass is 259 g/mol. The average molecular weight is 259 g/mol. The second kappa shape index (κ2) is 5.52. The van der Waals surface area contributed by atoms with Crippen molar-refractivity contribution in [2.75, 3.05) is 13.2 Å². The molecule has 0 amide bonds. The Kier molecular flexibility index (Phi) is 3.59. The van der Waals surface area contributed by atoms with Gasteiger partial charge in [-0.05, 0) is 18.2 Å². The van der Waals surface area contributed by atoms with Gasteiger partial charge >= 0.3 is 0 Å². The summed E-state index contributed by atoms with van der Waals surface area (Å²) in [5, 5.41) is 0. The third-order valence-electron chi connectivity index (χ3n) is 2.66. The van der Waals surface area contributed by atoms with Crippen LogP contribution in [0.4, 0.5) is 0 Å². The first-order chi connectivity index (χ1) is 8.93. The molecule has 2 heterocycles. The zero-order chi connectivity index (χ0) is 12.2. The van der Waals surface area contributed by atoms with Crippen LogP contribution in [-0.2, 0) is 9.47 Å². The minimum atomic E-state index is -0.251. The molecule has 1 aromatic carbocycles. The van der Waals surface area contributed by atoms with Gasteiger partial charge < -0.3 is 9.47 Å². The highest BCUT2D eigenvalue weighted by atomic mass is 32.2. The van der Waals surface area contributed by atoms with Gasteiger partial charge in [-0.25, -0.2) is 0 Å². The molecule has 0 radical (unpaired) electrons. The Balaban J connectivity index is 1.87. The molecule has 0 N–H and O–H groups in total. The van der Waals surface area contributed by atoms with Crippen LogP contribution in [0.25, 0.3) is 0 Å². The topological polar surface area (TPSA) is 31.4 Å². The van der Waals surface area contributed by atoms with E-state index >= 15 is 0 Å². The molecular formula is C14H13NO2S. The maximum atomic E-state index is 5.55. The molecule has 0 bridgehead atoms. The zero-order valence-corrected chi connectivity index (χ0v) is 10.6. The van der Waals surface area contributed by atoms with Gasteiger partial charge in [0.1, 0.15) is 0 Å². The number of hydrogen-bond acceptors (Lipinski definition) is 4. The van der Waals surface area contributed by atoms with Crippen LogP contribution in [0.15, 0.2) is 58.6 Å². The summed E-state index contributed by atoms with van der Waals surface area (Å²) in [6.07, 6.45) is 3.38. The largest absolute Gasteiger partial charge is 0.346 e. The molecule has 92 valence electrons. The van der Waals surface area contributed by atoms with E-state index in [0.717, 1.165) is 10.5 Å². The Labute approximate surface area is 110 Å². The number of rotatable bonds is 3. The predicted molar refractivity (Wildman–Crippen MR) is 69.4 cm³/mol. The van der Waals surface area contributed by atoms with Crippen molar-refractivity contribution in [3.05, 3.63) is 54.4 Å². The van der Waals surface area contributed by atoms with Crippen molar-refractivity contribution in [1.82, 2.24) is 4.98 Å². The molecule has 1 fully saturated rings. The van der Waals surface area contributed by atoms with Crippen LogP contribution < -0.4 is 0 Å². The first-order valence-electron chi connectivity index (χ1n) is 5.83. The summed E-state index contributed by atoms with van der Waals surface area (Å²) in [4.78, 5) is 6.45. The molecule has 1 aliphatic heterocycles. The van der Waals surface area contributed by atoms with Crippen molar-refractivity contribution in [3.8, 4) is 0 Å². The summed E-state index contributed by atoms with van der Waals surface area (Å²) in [6.45, 7) is 1.31. The molecule has 3 rings (SSSR count). The number of aromatic nitrogens is 1. The zero-order valence-electron chi connectivity index (χ0n) is 9.78. The van der Waals surface area contributed by atoms with E-state index in [2.05, 4.69) is 17.1 Å². The van der Waals surface area contributed by atoms with E-state index in [1.807, 2.05) is 30.5 Å². The SMILES string of the molecule is c1ccc(Sc2cnccc2C2OCCO2)cc1. The lowest BCUT2D eigenvalue weighted by atomic mass is 10.2. The van der Waals surface area contributed by atoms with Crippen LogP contribution in [0.5, 0.6) is 0 Å². The van der Waals surface area contributed by atoms with Crippen molar-refractivity contribution >= 4 is 11.8 Å². The maximum Gasteiger partial charge on any atom is 0.185 e. The fourth-order valence-corrected chi connectivity index (χ4v) is 2.77. The van der Waals surface area contributed by atoms with Crippen molar-refractivity contribution in [2.45, 2.75) is 16.1 Å². The minimum absolute atomic E-state index is 0.251. The van der Waals surface area contributed by atoms with E-state index in [1.54, 1.807) is 18.0 Å². The molecule has 0 unspecified atom stereocenters. The predicted octanol–water partition coefficient (Wildman–Crippen LogP) is 3.28. The Morgan fingerprint density at radius 3 is 2.61 bits per heavy atom. The van der Waals surface area contributed by atoms with E-state index in [4.69, 9.17) is 9.47 Å². The molecule has 2 aromatic rings. The van der Waals surface area contributed by atoms with Crippen molar-refractivity contribution in [1.29, 1.82) is 0 Å². The molecule has 0 atom stereocenters. The van der Waals surface area contributed by atoms with E-state index < -0.39 is 0 Å². The quantitative estimate of drug-likeness (QED) is 0.846. The number of hydrogen-bond donors (Lipinski definition) is 0. The van der Waals surface area contributed by atoms with E-state index in [1.165, 1.54) is 4.90 Å². The molecular weight excluding hydrogens is 246 g/mol. The Morgan fingerprint density at radius 2 is 1.83 bits per heavy atom. The van der Waals surface area contributed by atoms with Gasteiger partial charge in [-0.3, -0.25) is 4.98 Å². The third-order valence-corrected chi connectivity index (χ3v) is 3.73. The summed E-state index contributed by atoms with van der Waals surface area (Å²) >= 11 is 1.68. The van der Waals surface area contributed by atoms with Crippen LogP contribution in [0.1, 0.15) is 11.9 Å². The highest BCUT2D eigenvalue weighted by Crippen LogP contribution is 2.35. The average Bonchev–Trinajstić information content (AvgIpc) is 2.94. The fraction of sp³-hybridized carbons (Fsp3) is 0.214. The summed E-state index contributed by atoms with van der Waals surface area (Å²) in [5.74, 6) is 0. The molecule has 0 saturated carbocycles. The van der Waals surface area contributed by atoms with Gasteiger partial charge in [0.15, 0.2) is 6.29 Å². The minimum Gasteiger partial charge on any atom is -0.346 e. The van der Waals surface area contributed by atoms with Gasteiger partial charge in [-0.2, -0.15) is 0 Å². The van der Waals surface area contributed by atoms with E-state index in [9.17, 15) is 0 Å². The molecule has 0 spiro atoms. The molecule has 3 nitrogen and oxygen atoms in total. The van der Waals surface area contributed by atoms with Crippen molar-refractivity contribution in [3.63, 3.8) is 0 Å². The number of pyridine rings is 1. The van der Waals surface area contributed by atoms with Gasteiger partial charge in [0, 0.05) is 27.7 Å². The van der Waals surface area contributed by atoms with Crippen LogP contribution in [0.3, 0.4) is 0 Å². The summed E-state index contributed by atoms with van der Waals surface area (Å²) in [5.41, 5.74) is 1.05.